The molecule has 0 aromatic carbocycles. The molecule has 23 heavy (non-hydrogen) atoms. The summed E-state index contributed by atoms with van der Waals surface area (Å²) in [6.45, 7) is 18.8. The molecule has 0 spiro atoms. The minimum absolute atomic E-state index is 0.0928. The van der Waals surface area contributed by atoms with Gasteiger partial charge in [0.25, 0.3) is 0 Å². The number of carbonyl (C=O) groups is 1. The van der Waals surface area contributed by atoms with Crippen molar-refractivity contribution in [2.24, 2.45) is 0 Å². The van der Waals surface area contributed by atoms with E-state index in [-0.39, 0.29) is 23.3 Å². The van der Waals surface area contributed by atoms with Gasteiger partial charge in [0.1, 0.15) is 5.60 Å². The van der Waals surface area contributed by atoms with Crippen LogP contribution in [0.1, 0.15) is 54.9 Å². The average molecular weight is 346 g/mol. The van der Waals surface area contributed by atoms with Crippen molar-refractivity contribution in [2.75, 3.05) is 6.54 Å². The number of ether oxygens (including phenoxy) is 1. The quantitative estimate of drug-likeness (QED) is 0.791. The van der Waals surface area contributed by atoms with Crippen LogP contribution in [0.4, 0.5) is 4.79 Å². The molecule has 0 aromatic heterocycles. The van der Waals surface area contributed by atoms with E-state index in [9.17, 15) is 9.90 Å². The van der Waals surface area contributed by atoms with Crippen LogP contribution in [0.15, 0.2) is 0 Å². The van der Waals surface area contributed by atoms with Gasteiger partial charge in [-0.05, 0) is 52.2 Å². The molecule has 5 nitrogen and oxygen atoms in total. The van der Waals surface area contributed by atoms with Crippen LogP contribution < -0.4 is 0 Å². The van der Waals surface area contributed by atoms with E-state index in [0.717, 1.165) is 6.42 Å². The maximum Gasteiger partial charge on any atom is 0.410 e. The van der Waals surface area contributed by atoms with Gasteiger partial charge in [-0.15, -0.1) is 0 Å². The van der Waals surface area contributed by atoms with Crippen molar-refractivity contribution in [2.45, 2.75) is 96.9 Å². The molecule has 1 aliphatic rings. The molecule has 1 heterocycles. The van der Waals surface area contributed by atoms with Crippen LogP contribution in [-0.2, 0) is 9.16 Å². The SMILES string of the molecule is C[C@@H](O)[C@@H]1[C@@H](O[Si](C)(C)C(C)(C)C)CCN1C(=O)OC(C)(C)C. The number of rotatable bonds is 3. The number of hydrogen-bond acceptors (Lipinski definition) is 4. The summed E-state index contributed by atoms with van der Waals surface area (Å²) < 4.78 is 12.0. The van der Waals surface area contributed by atoms with Crippen LogP contribution in [0.3, 0.4) is 0 Å². The highest BCUT2D eigenvalue weighted by atomic mass is 28.4. The van der Waals surface area contributed by atoms with E-state index in [1.54, 1.807) is 11.8 Å². The number of amides is 1. The van der Waals surface area contributed by atoms with Gasteiger partial charge in [0.05, 0.1) is 18.2 Å². The molecule has 0 unspecified atom stereocenters. The predicted molar refractivity (Wildman–Crippen MR) is 95.1 cm³/mol. The maximum atomic E-state index is 12.4. The van der Waals surface area contributed by atoms with Gasteiger partial charge in [0.2, 0.25) is 0 Å². The van der Waals surface area contributed by atoms with Crippen molar-refractivity contribution in [1.82, 2.24) is 4.90 Å². The minimum atomic E-state index is -1.96. The third-order valence-electron chi connectivity index (χ3n) is 4.77. The second-order valence-corrected chi connectivity index (χ2v) is 13.9. The van der Waals surface area contributed by atoms with Crippen molar-refractivity contribution in [3.63, 3.8) is 0 Å². The highest BCUT2D eigenvalue weighted by Gasteiger charge is 2.47. The Balaban J connectivity index is 2.91. The largest absolute Gasteiger partial charge is 0.444 e. The van der Waals surface area contributed by atoms with Crippen LogP contribution >= 0.6 is 0 Å². The predicted octanol–water partition coefficient (Wildman–Crippen LogP) is 3.77. The fourth-order valence-electron chi connectivity index (χ4n) is 2.58. The van der Waals surface area contributed by atoms with Gasteiger partial charge < -0.3 is 14.3 Å². The topological polar surface area (TPSA) is 59.0 Å². The zero-order chi connectivity index (χ0) is 18.2. The lowest BCUT2D eigenvalue weighted by Crippen LogP contribution is -2.52. The first-order valence-corrected chi connectivity index (χ1v) is 11.4. The van der Waals surface area contributed by atoms with Crippen LogP contribution in [0.25, 0.3) is 0 Å². The molecule has 0 aliphatic carbocycles. The third-order valence-corrected chi connectivity index (χ3v) is 9.27. The molecule has 1 saturated heterocycles. The van der Waals surface area contributed by atoms with Crippen LogP contribution in [0, 0.1) is 0 Å². The Morgan fingerprint density at radius 2 is 1.74 bits per heavy atom. The highest BCUT2D eigenvalue weighted by molar-refractivity contribution is 6.74. The molecular weight excluding hydrogens is 310 g/mol. The molecule has 0 aromatic rings. The second-order valence-electron chi connectivity index (χ2n) is 9.11. The fraction of sp³-hybridized carbons (Fsp3) is 0.941. The lowest BCUT2D eigenvalue weighted by Gasteiger charge is -2.41. The molecule has 1 fully saturated rings. The Labute approximate surface area is 142 Å². The van der Waals surface area contributed by atoms with E-state index in [1.165, 1.54) is 0 Å². The molecule has 0 saturated carbocycles. The molecule has 1 amide bonds. The van der Waals surface area contributed by atoms with Gasteiger partial charge in [-0.3, -0.25) is 4.90 Å². The number of aliphatic hydroxyl groups excluding tert-OH is 1. The highest BCUT2D eigenvalue weighted by Crippen LogP contribution is 2.39. The van der Waals surface area contributed by atoms with Gasteiger partial charge in [-0.25, -0.2) is 4.79 Å². The van der Waals surface area contributed by atoms with E-state index in [0.29, 0.717) is 6.54 Å². The average Bonchev–Trinajstić information content (AvgIpc) is 2.67. The van der Waals surface area contributed by atoms with Crippen molar-refractivity contribution in [1.29, 1.82) is 0 Å². The van der Waals surface area contributed by atoms with Crippen LogP contribution in [0.2, 0.25) is 18.1 Å². The maximum absolute atomic E-state index is 12.4. The summed E-state index contributed by atoms with van der Waals surface area (Å²) >= 11 is 0. The number of hydrogen-bond donors (Lipinski definition) is 1. The number of likely N-dealkylation sites (tertiary alicyclic amines) is 1. The van der Waals surface area contributed by atoms with Gasteiger partial charge in [0.15, 0.2) is 8.32 Å². The molecule has 1 aliphatic heterocycles. The first-order chi connectivity index (χ1) is 10.2. The van der Waals surface area contributed by atoms with Gasteiger partial charge in [-0.2, -0.15) is 0 Å². The molecule has 3 atom stereocenters. The van der Waals surface area contributed by atoms with Crippen molar-refractivity contribution >= 4 is 14.4 Å². The standard InChI is InChI=1S/C17H35NO4Si/c1-12(19)14-13(22-23(8,9)17(5,6)7)10-11-18(14)15(20)21-16(2,3)4/h12-14,19H,10-11H2,1-9H3/t12-,13+,14-/m1/s1. The molecule has 136 valence electrons. The zero-order valence-electron chi connectivity index (χ0n) is 16.3. The monoisotopic (exact) mass is 345 g/mol. The first-order valence-electron chi connectivity index (χ1n) is 8.51. The Kier molecular flexibility index (Phi) is 5.98. The summed E-state index contributed by atoms with van der Waals surface area (Å²) in [5.74, 6) is 0. The molecule has 0 bridgehead atoms. The summed E-state index contributed by atoms with van der Waals surface area (Å²) in [6.07, 6.45) is -0.422. The minimum Gasteiger partial charge on any atom is -0.444 e. The van der Waals surface area contributed by atoms with Crippen molar-refractivity contribution in [3.8, 4) is 0 Å². The zero-order valence-corrected chi connectivity index (χ0v) is 17.3. The van der Waals surface area contributed by atoms with Gasteiger partial charge in [-0.1, -0.05) is 20.8 Å². The Morgan fingerprint density at radius 3 is 2.13 bits per heavy atom. The van der Waals surface area contributed by atoms with E-state index >= 15 is 0 Å². The first kappa shape index (κ1) is 20.5. The summed E-state index contributed by atoms with van der Waals surface area (Å²) in [6, 6.07) is -0.348. The van der Waals surface area contributed by atoms with Crippen LogP contribution in [0.5, 0.6) is 0 Å². The number of aliphatic hydroxyl groups is 1. The van der Waals surface area contributed by atoms with E-state index in [2.05, 4.69) is 33.9 Å². The third kappa shape index (κ3) is 5.19. The van der Waals surface area contributed by atoms with Crippen molar-refractivity contribution < 1.29 is 19.1 Å². The summed E-state index contributed by atoms with van der Waals surface area (Å²) in [5, 5.41) is 10.3. The summed E-state index contributed by atoms with van der Waals surface area (Å²) in [7, 11) is -1.96. The lowest BCUT2D eigenvalue weighted by molar-refractivity contribution is -0.00811. The van der Waals surface area contributed by atoms with E-state index in [4.69, 9.17) is 9.16 Å². The Bertz CT molecular complexity index is 423. The molecule has 1 rings (SSSR count). The van der Waals surface area contributed by atoms with Crippen LogP contribution in [-0.4, -0.2) is 54.8 Å². The van der Waals surface area contributed by atoms with E-state index in [1.807, 2.05) is 20.8 Å². The fourth-order valence-corrected chi connectivity index (χ4v) is 3.94. The molecule has 0 radical (unpaired) electrons. The number of carbonyl (C=O) groups excluding carboxylic acids is 1. The molecule has 6 heteroatoms. The summed E-state index contributed by atoms with van der Waals surface area (Å²) in [5.41, 5.74) is -0.543. The number of nitrogens with zero attached hydrogens (tertiary/aromatic N) is 1. The van der Waals surface area contributed by atoms with Gasteiger partial charge in [0, 0.05) is 6.54 Å². The van der Waals surface area contributed by atoms with Gasteiger partial charge >= 0.3 is 6.09 Å². The van der Waals surface area contributed by atoms with Crippen molar-refractivity contribution in [3.05, 3.63) is 0 Å². The Morgan fingerprint density at radius 1 is 1.22 bits per heavy atom. The van der Waals surface area contributed by atoms with E-state index < -0.39 is 20.0 Å². The molecular formula is C17H35NO4Si. The molecule has 1 N–H and O–H groups in total. The summed E-state index contributed by atoms with van der Waals surface area (Å²) in [4.78, 5) is 14.1. The Hall–Kier alpha value is -0.593. The smallest absolute Gasteiger partial charge is 0.410 e. The lowest BCUT2D eigenvalue weighted by atomic mass is 10.1. The second kappa shape index (κ2) is 6.73. The normalized spacial score (nSPS) is 24.7.